The molecule has 0 radical (unpaired) electrons. The summed E-state index contributed by atoms with van der Waals surface area (Å²) in [7, 11) is -3.71. The zero-order valence-corrected chi connectivity index (χ0v) is 20.0. The van der Waals surface area contributed by atoms with E-state index < -0.39 is 10.0 Å². The fraction of sp³-hybridized carbons (Fsp3) is 0.0769. The lowest BCUT2D eigenvalue weighted by atomic mass is 10.2. The number of fused-ring (bicyclic) bond motifs is 2. The van der Waals surface area contributed by atoms with E-state index in [0.717, 1.165) is 16.5 Å². The monoisotopic (exact) mass is 501 g/mol. The van der Waals surface area contributed by atoms with Crippen molar-refractivity contribution >= 4 is 49.1 Å². The Bertz CT molecular complexity index is 1640. The predicted octanol–water partition coefficient (Wildman–Crippen LogP) is 5.56. The Labute approximate surface area is 205 Å². The van der Waals surface area contributed by atoms with E-state index in [2.05, 4.69) is 10.3 Å². The molecule has 0 saturated carbocycles. The van der Waals surface area contributed by atoms with Gasteiger partial charge in [0.25, 0.3) is 15.9 Å². The van der Waals surface area contributed by atoms with Gasteiger partial charge in [0.1, 0.15) is 11.3 Å². The second kappa shape index (κ2) is 8.37. The van der Waals surface area contributed by atoms with E-state index in [9.17, 15) is 13.2 Å². The predicted molar refractivity (Wildman–Crippen MR) is 136 cm³/mol. The molecule has 7 nitrogen and oxygen atoms in total. The van der Waals surface area contributed by atoms with Crippen LogP contribution in [0.1, 0.15) is 15.9 Å². The van der Waals surface area contributed by atoms with Gasteiger partial charge in [0.15, 0.2) is 10.9 Å². The quantitative estimate of drug-likeness (QED) is 0.340. The van der Waals surface area contributed by atoms with Gasteiger partial charge in [-0.1, -0.05) is 36.4 Å². The van der Waals surface area contributed by atoms with Gasteiger partial charge in [-0.05, 0) is 54.4 Å². The van der Waals surface area contributed by atoms with Crippen molar-refractivity contribution in [2.24, 2.45) is 0 Å². The van der Waals surface area contributed by atoms with Crippen LogP contribution in [0.5, 0.6) is 0 Å². The second-order valence-corrected chi connectivity index (χ2v) is 10.8. The number of furan rings is 1. The number of benzene rings is 3. The van der Waals surface area contributed by atoms with Crippen molar-refractivity contribution in [1.29, 1.82) is 0 Å². The molecule has 0 bridgehead atoms. The van der Waals surface area contributed by atoms with Crippen LogP contribution in [-0.2, 0) is 16.4 Å². The highest BCUT2D eigenvalue weighted by molar-refractivity contribution is 7.92. The first kappa shape index (κ1) is 21.6. The maximum Gasteiger partial charge on any atom is 0.264 e. The minimum atomic E-state index is -3.71. The van der Waals surface area contributed by atoms with Gasteiger partial charge < -0.3 is 4.42 Å². The maximum atomic E-state index is 13.2. The molecule has 9 heteroatoms. The summed E-state index contributed by atoms with van der Waals surface area (Å²) in [6.07, 6.45) is 0.680. The second-order valence-electron chi connectivity index (χ2n) is 8.12. The number of nitrogens with one attached hydrogen (secondary N) is 1. The molecular formula is C26H19N3O4S2. The Morgan fingerprint density at radius 2 is 1.77 bits per heavy atom. The number of rotatable bonds is 5. The average molecular weight is 502 g/mol. The van der Waals surface area contributed by atoms with Gasteiger partial charge in [-0.25, -0.2) is 13.4 Å². The average Bonchev–Trinajstić information content (AvgIpc) is 3.62. The lowest BCUT2D eigenvalue weighted by Gasteiger charge is -2.19. The molecule has 6 rings (SSSR count). The van der Waals surface area contributed by atoms with Gasteiger partial charge >= 0.3 is 0 Å². The Balaban J connectivity index is 1.18. The molecule has 3 aromatic carbocycles. The number of carbonyl (C=O) groups is 1. The number of amides is 1. The number of para-hydroxylation sites is 2. The molecule has 0 atom stereocenters. The molecule has 0 unspecified atom stereocenters. The van der Waals surface area contributed by atoms with Crippen LogP contribution < -0.4 is 9.62 Å². The standard InChI is InChI=1S/C26H19N3O4S2/c30-25(28-26-27-21(16-34-26)24-15-19-6-2-4-8-23(19)33-24)18-9-11-20(12-10-18)35(31,32)29-14-13-17-5-1-3-7-22(17)29/h1-12,15-16H,13-14H2,(H,27,28,30). The molecule has 3 heterocycles. The van der Waals surface area contributed by atoms with Crippen molar-refractivity contribution in [2.45, 2.75) is 11.3 Å². The first-order chi connectivity index (χ1) is 17.0. The lowest BCUT2D eigenvalue weighted by molar-refractivity contribution is 0.102. The van der Waals surface area contributed by atoms with Gasteiger partial charge in [-0.3, -0.25) is 14.4 Å². The number of sulfonamides is 1. The van der Waals surface area contributed by atoms with Crippen LogP contribution in [0.3, 0.4) is 0 Å². The minimum absolute atomic E-state index is 0.146. The molecule has 1 N–H and O–H groups in total. The third kappa shape index (κ3) is 3.88. The van der Waals surface area contributed by atoms with Crippen LogP contribution >= 0.6 is 11.3 Å². The van der Waals surface area contributed by atoms with Crippen LogP contribution in [-0.4, -0.2) is 25.9 Å². The first-order valence-electron chi connectivity index (χ1n) is 11.0. The summed E-state index contributed by atoms with van der Waals surface area (Å²) in [5, 5.41) is 6.00. The fourth-order valence-electron chi connectivity index (χ4n) is 4.18. The summed E-state index contributed by atoms with van der Waals surface area (Å²) < 4.78 is 33.6. The van der Waals surface area contributed by atoms with Crippen LogP contribution in [0, 0.1) is 0 Å². The Morgan fingerprint density at radius 1 is 1.00 bits per heavy atom. The molecular weight excluding hydrogens is 482 g/mol. The molecule has 0 spiro atoms. The van der Waals surface area contributed by atoms with Crippen LogP contribution in [0.4, 0.5) is 10.8 Å². The molecule has 1 amide bonds. The Morgan fingerprint density at radius 3 is 2.60 bits per heavy atom. The van der Waals surface area contributed by atoms with Crippen molar-refractivity contribution < 1.29 is 17.6 Å². The highest BCUT2D eigenvalue weighted by Gasteiger charge is 2.30. The molecule has 0 fully saturated rings. The van der Waals surface area contributed by atoms with Crippen molar-refractivity contribution in [3.8, 4) is 11.5 Å². The van der Waals surface area contributed by atoms with Crippen molar-refractivity contribution in [2.75, 3.05) is 16.2 Å². The lowest BCUT2D eigenvalue weighted by Crippen LogP contribution is -2.29. The van der Waals surface area contributed by atoms with Gasteiger partial charge in [-0.2, -0.15) is 0 Å². The number of carbonyl (C=O) groups excluding carboxylic acids is 1. The summed E-state index contributed by atoms with van der Waals surface area (Å²) >= 11 is 1.29. The summed E-state index contributed by atoms with van der Waals surface area (Å²) in [6.45, 7) is 0.404. The van der Waals surface area contributed by atoms with E-state index in [0.29, 0.717) is 40.8 Å². The molecule has 0 aliphatic carbocycles. The minimum Gasteiger partial charge on any atom is -0.454 e. The molecule has 0 saturated heterocycles. The van der Waals surface area contributed by atoms with E-state index in [1.807, 2.05) is 60.0 Å². The number of hydrogen-bond acceptors (Lipinski definition) is 6. The Hall–Kier alpha value is -3.95. The number of hydrogen-bond donors (Lipinski definition) is 1. The number of anilines is 2. The first-order valence-corrected chi connectivity index (χ1v) is 13.3. The zero-order valence-electron chi connectivity index (χ0n) is 18.3. The van der Waals surface area contributed by atoms with Crippen molar-refractivity contribution in [3.05, 3.63) is 95.4 Å². The topological polar surface area (TPSA) is 92.5 Å². The molecule has 174 valence electrons. The molecule has 1 aliphatic rings. The van der Waals surface area contributed by atoms with Gasteiger partial charge in [-0.15, -0.1) is 11.3 Å². The highest BCUT2D eigenvalue weighted by atomic mass is 32.2. The maximum absolute atomic E-state index is 13.2. The normalized spacial score (nSPS) is 13.2. The summed E-state index contributed by atoms with van der Waals surface area (Å²) in [5.41, 5.74) is 3.46. The molecule has 1 aliphatic heterocycles. The zero-order chi connectivity index (χ0) is 24.0. The third-order valence-corrected chi connectivity index (χ3v) is 8.54. The smallest absolute Gasteiger partial charge is 0.264 e. The van der Waals surface area contributed by atoms with E-state index in [1.54, 1.807) is 0 Å². The van der Waals surface area contributed by atoms with Gasteiger partial charge in [0.05, 0.1) is 10.6 Å². The van der Waals surface area contributed by atoms with E-state index in [1.165, 1.54) is 39.9 Å². The summed E-state index contributed by atoms with van der Waals surface area (Å²) in [6, 6.07) is 23.1. The Kier molecular flexibility index (Phi) is 5.16. The number of aromatic nitrogens is 1. The number of nitrogens with zero attached hydrogens (tertiary/aromatic N) is 2. The fourth-order valence-corrected chi connectivity index (χ4v) is 6.38. The molecule has 35 heavy (non-hydrogen) atoms. The molecule has 2 aromatic heterocycles. The number of thiazole rings is 1. The third-order valence-electron chi connectivity index (χ3n) is 5.95. The van der Waals surface area contributed by atoms with E-state index in [4.69, 9.17) is 4.42 Å². The van der Waals surface area contributed by atoms with Gasteiger partial charge in [0.2, 0.25) is 0 Å². The van der Waals surface area contributed by atoms with E-state index >= 15 is 0 Å². The van der Waals surface area contributed by atoms with Crippen LogP contribution in [0.15, 0.2) is 93.6 Å². The highest BCUT2D eigenvalue weighted by Crippen LogP contribution is 2.33. The molecule has 5 aromatic rings. The SMILES string of the molecule is O=C(Nc1nc(-c2cc3ccccc3o2)cs1)c1ccc(S(=O)(=O)N2CCc3ccccc32)cc1. The largest absolute Gasteiger partial charge is 0.454 e. The van der Waals surface area contributed by atoms with Crippen LogP contribution in [0.25, 0.3) is 22.4 Å². The van der Waals surface area contributed by atoms with Crippen LogP contribution in [0.2, 0.25) is 0 Å². The van der Waals surface area contributed by atoms with E-state index in [-0.39, 0.29) is 10.8 Å². The van der Waals surface area contributed by atoms with Crippen molar-refractivity contribution in [3.63, 3.8) is 0 Å². The van der Waals surface area contributed by atoms with Crippen molar-refractivity contribution in [1.82, 2.24) is 4.98 Å². The summed E-state index contributed by atoms with van der Waals surface area (Å²) in [5.74, 6) is 0.256. The summed E-state index contributed by atoms with van der Waals surface area (Å²) in [4.78, 5) is 17.4. The van der Waals surface area contributed by atoms with Gasteiger partial charge in [0, 0.05) is 22.9 Å².